The fraction of sp³-hybridized carbons (Fsp3) is 0.909. The molecule has 1 fully saturated rings. The van der Waals surface area contributed by atoms with Crippen LogP contribution >= 0.6 is 0 Å². The number of carbonyl (C=O) groups excluding carboxylic acids is 1. The number of rotatable bonds is 4. The summed E-state index contributed by atoms with van der Waals surface area (Å²) in [7, 11) is 0. The molecule has 76 valence electrons. The van der Waals surface area contributed by atoms with Gasteiger partial charge in [0.25, 0.3) is 0 Å². The fourth-order valence-corrected chi connectivity index (χ4v) is 1.85. The molecule has 1 aliphatic rings. The second-order valence-electron chi connectivity index (χ2n) is 4.55. The third-order valence-electron chi connectivity index (χ3n) is 2.93. The Kier molecular flexibility index (Phi) is 3.48. The zero-order chi connectivity index (χ0) is 9.90. The predicted molar refractivity (Wildman–Crippen MR) is 52.7 cm³/mol. The minimum atomic E-state index is -0.0745. The van der Waals surface area contributed by atoms with E-state index in [1.807, 2.05) is 13.8 Å². The molecule has 1 aliphatic carbocycles. The van der Waals surface area contributed by atoms with Crippen LogP contribution in [0.2, 0.25) is 0 Å². The van der Waals surface area contributed by atoms with Gasteiger partial charge in [-0.2, -0.15) is 0 Å². The molecule has 0 heterocycles. The third kappa shape index (κ3) is 2.80. The molecule has 0 amide bonds. The second-order valence-corrected chi connectivity index (χ2v) is 4.55. The van der Waals surface area contributed by atoms with Crippen LogP contribution in [0.3, 0.4) is 0 Å². The van der Waals surface area contributed by atoms with Crippen molar-refractivity contribution in [3.8, 4) is 0 Å². The van der Waals surface area contributed by atoms with Crippen molar-refractivity contribution in [3.05, 3.63) is 0 Å². The van der Waals surface area contributed by atoms with E-state index in [0.717, 1.165) is 12.8 Å². The normalized spacial score (nSPS) is 20.9. The molecule has 2 heteroatoms. The van der Waals surface area contributed by atoms with E-state index in [1.165, 1.54) is 12.8 Å². The Morgan fingerprint density at radius 1 is 1.38 bits per heavy atom. The van der Waals surface area contributed by atoms with Crippen LogP contribution in [-0.4, -0.2) is 18.5 Å². The molecule has 0 aromatic rings. The van der Waals surface area contributed by atoms with Gasteiger partial charge in [0.15, 0.2) is 5.78 Å². The lowest BCUT2D eigenvalue weighted by Gasteiger charge is -2.21. The lowest BCUT2D eigenvalue weighted by atomic mass is 9.84. The molecule has 13 heavy (non-hydrogen) atoms. The lowest BCUT2D eigenvalue weighted by Crippen LogP contribution is -2.29. The van der Waals surface area contributed by atoms with Crippen molar-refractivity contribution in [1.82, 2.24) is 0 Å². The molecule has 1 saturated carbocycles. The van der Waals surface area contributed by atoms with Crippen molar-refractivity contribution in [2.45, 2.75) is 52.6 Å². The van der Waals surface area contributed by atoms with Crippen LogP contribution in [-0.2, 0) is 9.53 Å². The Morgan fingerprint density at radius 3 is 2.38 bits per heavy atom. The minimum Gasteiger partial charge on any atom is -0.371 e. The van der Waals surface area contributed by atoms with Crippen molar-refractivity contribution >= 4 is 5.78 Å². The summed E-state index contributed by atoms with van der Waals surface area (Å²) in [5.41, 5.74) is -0.0745. The van der Waals surface area contributed by atoms with Gasteiger partial charge in [-0.15, -0.1) is 0 Å². The highest BCUT2D eigenvalue weighted by Crippen LogP contribution is 2.38. The lowest BCUT2D eigenvalue weighted by molar-refractivity contribution is -0.133. The first kappa shape index (κ1) is 10.7. The summed E-state index contributed by atoms with van der Waals surface area (Å²) in [6, 6.07) is 0. The first-order valence-corrected chi connectivity index (χ1v) is 5.19. The largest absolute Gasteiger partial charge is 0.371 e. The molecule has 0 saturated heterocycles. The molecule has 0 N–H and O–H groups in total. The van der Waals surface area contributed by atoms with Crippen LogP contribution in [0.25, 0.3) is 0 Å². The highest BCUT2D eigenvalue weighted by atomic mass is 16.5. The van der Waals surface area contributed by atoms with Gasteiger partial charge in [0, 0.05) is 5.41 Å². The Labute approximate surface area is 80.7 Å². The maximum absolute atomic E-state index is 11.7. The van der Waals surface area contributed by atoms with E-state index in [2.05, 4.69) is 6.92 Å². The number of ketones is 1. The van der Waals surface area contributed by atoms with Crippen LogP contribution in [0.1, 0.15) is 46.5 Å². The van der Waals surface area contributed by atoms with Crippen molar-refractivity contribution in [2.24, 2.45) is 5.41 Å². The van der Waals surface area contributed by atoms with Gasteiger partial charge in [0.2, 0.25) is 0 Å². The summed E-state index contributed by atoms with van der Waals surface area (Å²) in [5.74, 6) is 0.290. The van der Waals surface area contributed by atoms with Gasteiger partial charge in [0.1, 0.15) is 6.61 Å². The third-order valence-corrected chi connectivity index (χ3v) is 2.93. The molecular weight excluding hydrogens is 164 g/mol. The highest BCUT2D eigenvalue weighted by molar-refractivity contribution is 5.85. The van der Waals surface area contributed by atoms with Gasteiger partial charge in [-0.1, -0.05) is 19.8 Å². The maximum atomic E-state index is 11.7. The molecule has 0 bridgehead atoms. The van der Waals surface area contributed by atoms with E-state index in [0.29, 0.717) is 12.4 Å². The number of hydrogen-bond acceptors (Lipinski definition) is 2. The molecule has 0 radical (unpaired) electrons. The van der Waals surface area contributed by atoms with Gasteiger partial charge < -0.3 is 4.74 Å². The SMILES string of the molecule is CC(C)OCC(=O)C1(C)CCCC1. The molecule has 0 aliphatic heterocycles. The van der Waals surface area contributed by atoms with Crippen molar-refractivity contribution in [2.75, 3.05) is 6.61 Å². The van der Waals surface area contributed by atoms with E-state index in [9.17, 15) is 4.79 Å². The predicted octanol–water partition coefficient (Wildman–Crippen LogP) is 2.56. The first-order chi connectivity index (χ1) is 6.04. The van der Waals surface area contributed by atoms with E-state index in [4.69, 9.17) is 4.74 Å². The van der Waals surface area contributed by atoms with Crippen LogP contribution in [0.4, 0.5) is 0 Å². The summed E-state index contributed by atoms with van der Waals surface area (Å²) in [6.07, 6.45) is 4.66. The van der Waals surface area contributed by atoms with Crippen molar-refractivity contribution in [1.29, 1.82) is 0 Å². The highest BCUT2D eigenvalue weighted by Gasteiger charge is 2.35. The fourth-order valence-electron chi connectivity index (χ4n) is 1.85. The minimum absolute atomic E-state index is 0.0745. The monoisotopic (exact) mass is 184 g/mol. The molecule has 0 unspecified atom stereocenters. The average Bonchev–Trinajstić information content (AvgIpc) is 2.49. The number of Topliss-reactive ketones (excluding diaryl/α,β-unsaturated/α-hetero) is 1. The molecule has 0 atom stereocenters. The van der Waals surface area contributed by atoms with Crippen molar-refractivity contribution in [3.63, 3.8) is 0 Å². The molecule has 0 aromatic carbocycles. The van der Waals surface area contributed by atoms with Gasteiger partial charge in [-0.3, -0.25) is 4.79 Å². The molecule has 1 rings (SSSR count). The van der Waals surface area contributed by atoms with Gasteiger partial charge in [0.05, 0.1) is 6.10 Å². The standard InChI is InChI=1S/C11H20O2/c1-9(2)13-8-10(12)11(3)6-4-5-7-11/h9H,4-8H2,1-3H3. The number of ether oxygens (including phenoxy) is 1. The van der Waals surface area contributed by atoms with Crippen LogP contribution in [0.15, 0.2) is 0 Å². The molecule has 2 nitrogen and oxygen atoms in total. The average molecular weight is 184 g/mol. The smallest absolute Gasteiger partial charge is 0.164 e. The van der Waals surface area contributed by atoms with Gasteiger partial charge >= 0.3 is 0 Å². The Balaban J connectivity index is 2.38. The van der Waals surface area contributed by atoms with Crippen LogP contribution in [0.5, 0.6) is 0 Å². The topological polar surface area (TPSA) is 26.3 Å². The Bertz CT molecular complexity index is 179. The molecule has 0 aromatic heterocycles. The first-order valence-electron chi connectivity index (χ1n) is 5.19. The number of hydrogen-bond donors (Lipinski definition) is 0. The maximum Gasteiger partial charge on any atom is 0.164 e. The molecular formula is C11H20O2. The van der Waals surface area contributed by atoms with E-state index >= 15 is 0 Å². The van der Waals surface area contributed by atoms with Crippen molar-refractivity contribution < 1.29 is 9.53 Å². The quantitative estimate of drug-likeness (QED) is 0.671. The summed E-state index contributed by atoms with van der Waals surface area (Å²) in [4.78, 5) is 11.7. The molecule has 0 spiro atoms. The summed E-state index contributed by atoms with van der Waals surface area (Å²) < 4.78 is 5.33. The van der Waals surface area contributed by atoms with Crippen LogP contribution in [0, 0.1) is 5.41 Å². The summed E-state index contributed by atoms with van der Waals surface area (Å²) in [5, 5.41) is 0. The zero-order valence-corrected chi connectivity index (χ0v) is 8.93. The van der Waals surface area contributed by atoms with E-state index in [-0.39, 0.29) is 11.5 Å². The zero-order valence-electron chi connectivity index (χ0n) is 8.93. The second kappa shape index (κ2) is 4.23. The number of carbonyl (C=O) groups is 1. The Morgan fingerprint density at radius 2 is 1.92 bits per heavy atom. The summed E-state index contributed by atoms with van der Waals surface area (Å²) in [6.45, 7) is 6.30. The van der Waals surface area contributed by atoms with E-state index < -0.39 is 0 Å². The van der Waals surface area contributed by atoms with Gasteiger partial charge in [-0.25, -0.2) is 0 Å². The van der Waals surface area contributed by atoms with Gasteiger partial charge in [-0.05, 0) is 26.7 Å². The van der Waals surface area contributed by atoms with Crippen LogP contribution < -0.4 is 0 Å². The Hall–Kier alpha value is -0.370. The summed E-state index contributed by atoms with van der Waals surface area (Å²) >= 11 is 0. The van der Waals surface area contributed by atoms with E-state index in [1.54, 1.807) is 0 Å².